The Hall–Kier alpha value is -2.37. The molecule has 0 saturated heterocycles. The number of benzene rings is 1. The van der Waals surface area contributed by atoms with E-state index in [1.54, 1.807) is 7.11 Å². The number of hydrogen-bond donors (Lipinski definition) is 3. The summed E-state index contributed by atoms with van der Waals surface area (Å²) in [6, 6.07) is 7.80. The van der Waals surface area contributed by atoms with Crippen LogP contribution in [0.25, 0.3) is 0 Å². The molecule has 0 radical (unpaired) electrons. The minimum atomic E-state index is -0.643. The number of hydroxylamine groups is 1. The summed E-state index contributed by atoms with van der Waals surface area (Å²) in [6.07, 6.45) is 12.9. The molecule has 5 heteroatoms. The lowest BCUT2D eigenvalue weighted by atomic mass is 9.63. The summed E-state index contributed by atoms with van der Waals surface area (Å²) in [6.45, 7) is 6.95. The van der Waals surface area contributed by atoms with Crippen molar-refractivity contribution in [3.05, 3.63) is 65.3 Å². The van der Waals surface area contributed by atoms with Gasteiger partial charge in [-0.3, -0.25) is 5.21 Å². The zero-order valence-electron chi connectivity index (χ0n) is 20.6. The van der Waals surface area contributed by atoms with Crippen LogP contribution in [0.2, 0.25) is 0 Å². The molecule has 0 amide bonds. The van der Waals surface area contributed by atoms with Gasteiger partial charge in [-0.15, -0.1) is 0 Å². The van der Waals surface area contributed by atoms with Crippen LogP contribution in [0.15, 0.2) is 59.7 Å². The summed E-state index contributed by atoms with van der Waals surface area (Å²) in [4.78, 5) is 0. The number of fused-ring (bicyclic) bond motifs is 1. The maximum Gasteiger partial charge on any atom is 0.217 e. The van der Waals surface area contributed by atoms with Gasteiger partial charge in [0.15, 0.2) is 6.21 Å². The summed E-state index contributed by atoms with van der Waals surface area (Å²) in [5, 5.41) is 30.7. The van der Waals surface area contributed by atoms with E-state index in [0.29, 0.717) is 31.2 Å². The van der Waals surface area contributed by atoms with Gasteiger partial charge in [0.1, 0.15) is 5.75 Å². The van der Waals surface area contributed by atoms with Crippen LogP contribution in [-0.4, -0.2) is 45.7 Å². The lowest BCUT2D eigenvalue weighted by Crippen LogP contribution is -2.33. The van der Waals surface area contributed by atoms with Crippen molar-refractivity contribution in [2.45, 2.75) is 77.0 Å². The molecule has 3 aliphatic carbocycles. The molecule has 0 heterocycles. The topological polar surface area (TPSA) is 72.9 Å². The Balaban J connectivity index is 1.42. The first-order chi connectivity index (χ1) is 16.3. The third kappa shape index (κ3) is 5.31. The minimum absolute atomic E-state index is 0.239. The average Bonchev–Trinajstić information content (AvgIpc) is 3.16. The molecule has 5 atom stereocenters. The maximum absolute atomic E-state index is 10.5. The standard InChI is InChI=1S/C29H40NO4/c1-20-23(17-25(31)18-28(20)32)9-8-22-5-4-15-29(2)24(10-13-27(22)29)14-16-30(33)19-21-6-11-26(34-3)12-7-21/h6-9,11-12,16,24-25,27-28,31-33H,1,4-5,10,13-15,17-19H2,2-3H3/q+1/b22-8+,23-9-,30-16-/t24?,25-,27+,28+,29-/m1/s1. The Kier molecular flexibility index (Phi) is 7.63. The summed E-state index contributed by atoms with van der Waals surface area (Å²) in [5.41, 5.74) is 4.50. The van der Waals surface area contributed by atoms with E-state index >= 15 is 0 Å². The molecule has 3 N–H and O–H groups in total. The summed E-state index contributed by atoms with van der Waals surface area (Å²) in [7, 11) is 1.65. The largest absolute Gasteiger partial charge is 0.497 e. The highest BCUT2D eigenvalue weighted by molar-refractivity contribution is 5.52. The van der Waals surface area contributed by atoms with Crippen molar-refractivity contribution in [1.82, 2.24) is 0 Å². The third-order valence-corrected chi connectivity index (χ3v) is 8.53. The lowest BCUT2D eigenvalue weighted by Gasteiger charge is -2.42. The van der Waals surface area contributed by atoms with Gasteiger partial charge in [0.25, 0.3) is 0 Å². The average molecular weight is 467 g/mol. The molecule has 1 aromatic carbocycles. The second-order valence-corrected chi connectivity index (χ2v) is 10.6. The molecule has 0 aromatic heterocycles. The lowest BCUT2D eigenvalue weighted by molar-refractivity contribution is -0.784. The highest BCUT2D eigenvalue weighted by Crippen LogP contribution is 2.58. The molecule has 5 nitrogen and oxygen atoms in total. The zero-order chi connectivity index (χ0) is 24.3. The van der Waals surface area contributed by atoms with E-state index in [4.69, 9.17) is 4.74 Å². The first-order valence-electron chi connectivity index (χ1n) is 12.7. The number of rotatable bonds is 6. The predicted molar refractivity (Wildman–Crippen MR) is 134 cm³/mol. The molecule has 1 unspecified atom stereocenters. The second-order valence-electron chi connectivity index (χ2n) is 10.6. The van der Waals surface area contributed by atoms with E-state index in [-0.39, 0.29) is 5.41 Å². The van der Waals surface area contributed by atoms with Crippen LogP contribution in [0.3, 0.4) is 0 Å². The fraction of sp³-hybridized carbons (Fsp3) is 0.552. The number of allylic oxidation sites excluding steroid dienone is 3. The van der Waals surface area contributed by atoms with Crippen LogP contribution in [0.5, 0.6) is 5.75 Å². The number of ether oxygens (including phenoxy) is 1. The number of aliphatic hydroxyl groups is 2. The van der Waals surface area contributed by atoms with Crippen molar-refractivity contribution in [1.29, 1.82) is 0 Å². The molecule has 3 aliphatic rings. The van der Waals surface area contributed by atoms with E-state index in [2.05, 4.69) is 25.7 Å². The Labute approximate surface area is 203 Å². The van der Waals surface area contributed by atoms with Crippen LogP contribution in [0, 0.1) is 17.3 Å². The molecule has 0 spiro atoms. The number of methoxy groups -OCH3 is 1. The molecule has 1 aromatic rings. The first-order valence-corrected chi connectivity index (χ1v) is 12.7. The van der Waals surface area contributed by atoms with E-state index in [1.807, 2.05) is 30.5 Å². The smallest absolute Gasteiger partial charge is 0.217 e. The highest BCUT2D eigenvalue weighted by Gasteiger charge is 2.49. The minimum Gasteiger partial charge on any atom is -0.497 e. The highest BCUT2D eigenvalue weighted by atomic mass is 16.5. The van der Waals surface area contributed by atoms with Crippen LogP contribution in [0.1, 0.15) is 63.9 Å². The molecule has 34 heavy (non-hydrogen) atoms. The van der Waals surface area contributed by atoms with Gasteiger partial charge >= 0.3 is 0 Å². The van der Waals surface area contributed by atoms with Crippen LogP contribution in [-0.2, 0) is 6.54 Å². The molecular formula is C29H40NO4+. The SMILES string of the molecule is C=C1/C(=C\C=C2/CCC[C@]3(C)C(C/C=[N+](\O)Cc4ccc(OC)cc4)CC[C@@H]23)C[C@@H](O)C[C@@H]1O. The molecular weight excluding hydrogens is 426 g/mol. The van der Waals surface area contributed by atoms with Crippen LogP contribution >= 0.6 is 0 Å². The van der Waals surface area contributed by atoms with Gasteiger partial charge in [0.2, 0.25) is 6.54 Å². The number of hydrogen-bond acceptors (Lipinski definition) is 4. The Morgan fingerprint density at radius 1 is 1.18 bits per heavy atom. The Morgan fingerprint density at radius 2 is 1.94 bits per heavy atom. The van der Waals surface area contributed by atoms with Crippen LogP contribution < -0.4 is 4.74 Å². The maximum atomic E-state index is 10.5. The quantitative estimate of drug-likeness (QED) is 0.233. The van der Waals surface area contributed by atoms with Crippen LogP contribution in [0.4, 0.5) is 0 Å². The normalized spacial score (nSPS) is 34.5. The van der Waals surface area contributed by atoms with Crippen molar-refractivity contribution >= 4 is 6.21 Å². The van der Waals surface area contributed by atoms with E-state index < -0.39 is 12.2 Å². The second kappa shape index (κ2) is 10.5. The van der Waals surface area contributed by atoms with Crippen molar-refractivity contribution in [3.63, 3.8) is 0 Å². The van der Waals surface area contributed by atoms with Gasteiger partial charge in [0, 0.05) is 18.4 Å². The zero-order valence-corrected chi connectivity index (χ0v) is 20.6. The monoisotopic (exact) mass is 466 g/mol. The van der Waals surface area contributed by atoms with E-state index in [9.17, 15) is 15.4 Å². The molecule has 3 saturated carbocycles. The molecule has 0 aliphatic heterocycles. The van der Waals surface area contributed by atoms with Crippen molar-refractivity contribution in [2.24, 2.45) is 17.3 Å². The van der Waals surface area contributed by atoms with E-state index in [1.165, 1.54) is 36.0 Å². The predicted octanol–water partition coefficient (Wildman–Crippen LogP) is 5.20. The number of aliphatic hydroxyl groups excluding tert-OH is 2. The molecule has 0 bridgehead atoms. The first kappa shape index (κ1) is 24.7. The fourth-order valence-electron chi connectivity index (χ4n) is 6.43. The molecule has 3 fully saturated rings. The van der Waals surface area contributed by atoms with Gasteiger partial charge in [-0.1, -0.05) is 31.2 Å². The third-order valence-electron chi connectivity index (χ3n) is 8.53. The van der Waals surface area contributed by atoms with Gasteiger partial charge in [0.05, 0.1) is 19.3 Å². The molecule has 184 valence electrons. The van der Waals surface area contributed by atoms with Gasteiger partial charge in [-0.25, -0.2) is 0 Å². The Bertz CT molecular complexity index is 976. The van der Waals surface area contributed by atoms with Crippen molar-refractivity contribution in [2.75, 3.05) is 7.11 Å². The van der Waals surface area contributed by atoms with Gasteiger partial charge in [-0.05, 0) is 95.9 Å². The Morgan fingerprint density at radius 3 is 2.68 bits per heavy atom. The molecule has 4 rings (SSSR count). The fourth-order valence-corrected chi connectivity index (χ4v) is 6.43. The summed E-state index contributed by atoms with van der Waals surface area (Å²) < 4.78 is 6.53. The summed E-state index contributed by atoms with van der Waals surface area (Å²) >= 11 is 0. The van der Waals surface area contributed by atoms with Crippen molar-refractivity contribution in [3.8, 4) is 5.75 Å². The van der Waals surface area contributed by atoms with Gasteiger partial charge in [-0.2, -0.15) is 0 Å². The van der Waals surface area contributed by atoms with E-state index in [0.717, 1.165) is 35.3 Å². The summed E-state index contributed by atoms with van der Waals surface area (Å²) in [5.74, 6) is 1.92. The number of nitrogens with zero attached hydrogens (tertiary/aromatic N) is 1. The van der Waals surface area contributed by atoms with Crippen molar-refractivity contribution < 1.29 is 24.9 Å². The van der Waals surface area contributed by atoms with Gasteiger partial charge < -0.3 is 14.9 Å².